The van der Waals surface area contributed by atoms with Crippen LogP contribution in [-0.2, 0) is 16.1 Å². The first-order valence-electron chi connectivity index (χ1n) is 7.35. The number of hydrogen-bond acceptors (Lipinski definition) is 3. The van der Waals surface area contributed by atoms with E-state index in [1.54, 1.807) is 16.2 Å². The first-order valence-corrected chi connectivity index (χ1v) is 8.23. The first kappa shape index (κ1) is 13.6. The summed E-state index contributed by atoms with van der Waals surface area (Å²) >= 11 is 1.64. The van der Waals surface area contributed by atoms with Crippen molar-refractivity contribution in [1.29, 1.82) is 0 Å². The van der Waals surface area contributed by atoms with Crippen LogP contribution in [0, 0.1) is 0 Å². The highest BCUT2D eigenvalue weighted by molar-refractivity contribution is 7.09. The number of nitrogens with zero attached hydrogens (tertiary/aromatic N) is 2. The number of carbonyl (C=O) groups excluding carboxylic acids is 2. The molecule has 2 aliphatic rings. The Morgan fingerprint density at radius 3 is 2.85 bits per heavy atom. The van der Waals surface area contributed by atoms with Gasteiger partial charge in [0.2, 0.25) is 11.8 Å². The van der Waals surface area contributed by atoms with E-state index in [0.29, 0.717) is 13.0 Å². The lowest BCUT2D eigenvalue weighted by Crippen LogP contribution is -2.65. The summed E-state index contributed by atoms with van der Waals surface area (Å²) in [5.41, 5.74) is 0. The summed E-state index contributed by atoms with van der Waals surface area (Å²) in [5, 5.41) is 2.01. The van der Waals surface area contributed by atoms with Gasteiger partial charge in [0.1, 0.15) is 12.1 Å². The van der Waals surface area contributed by atoms with Crippen LogP contribution in [0.4, 0.5) is 0 Å². The van der Waals surface area contributed by atoms with Gasteiger partial charge in [-0.2, -0.15) is 0 Å². The molecule has 0 bridgehead atoms. The molecule has 2 saturated heterocycles. The second-order valence-corrected chi connectivity index (χ2v) is 6.55. The lowest BCUT2D eigenvalue weighted by molar-refractivity contribution is -0.164. The van der Waals surface area contributed by atoms with E-state index in [1.807, 2.05) is 29.3 Å². The van der Waals surface area contributed by atoms with Gasteiger partial charge in [-0.1, -0.05) is 13.0 Å². The third kappa shape index (κ3) is 2.24. The Labute approximate surface area is 123 Å². The Hall–Kier alpha value is -1.36. The molecule has 1 aromatic heterocycles. The number of carbonyl (C=O) groups is 2. The molecule has 108 valence electrons. The van der Waals surface area contributed by atoms with Gasteiger partial charge < -0.3 is 9.80 Å². The second-order valence-electron chi connectivity index (χ2n) is 5.51. The summed E-state index contributed by atoms with van der Waals surface area (Å²) in [5.74, 6) is 0.290. The predicted molar refractivity (Wildman–Crippen MR) is 78.3 cm³/mol. The molecular weight excluding hydrogens is 272 g/mol. The van der Waals surface area contributed by atoms with E-state index in [0.717, 1.165) is 30.7 Å². The molecule has 3 rings (SSSR count). The topological polar surface area (TPSA) is 40.6 Å². The van der Waals surface area contributed by atoms with E-state index < -0.39 is 0 Å². The third-order valence-electron chi connectivity index (χ3n) is 4.31. The molecule has 0 aliphatic carbocycles. The molecule has 2 amide bonds. The zero-order chi connectivity index (χ0) is 14.1. The van der Waals surface area contributed by atoms with E-state index >= 15 is 0 Å². The number of hydrogen-bond donors (Lipinski definition) is 0. The number of amides is 2. The molecule has 2 fully saturated rings. The average Bonchev–Trinajstić information content (AvgIpc) is 2.98. The van der Waals surface area contributed by atoms with Crippen LogP contribution >= 0.6 is 11.3 Å². The summed E-state index contributed by atoms with van der Waals surface area (Å²) < 4.78 is 0. The van der Waals surface area contributed by atoms with E-state index in [9.17, 15) is 9.59 Å². The van der Waals surface area contributed by atoms with Crippen molar-refractivity contribution in [3.63, 3.8) is 0 Å². The van der Waals surface area contributed by atoms with Crippen molar-refractivity contribution in [3.05, 3.63) is 22.4 Å². The fraction of sp³-hybridized carbons (Fsp3) is 0.600. The molecule has 4 nitrogen and oxygen atoms in total. The number of fused-ring (bicyclic) bond motifs is 1. The van der Waals surface area contributed by atoms with Crippen LogP contribution in [0.15, 0.2) is 17.5 Å². The van der Waals surface area contributed by atoms with Gasteiger partial charge in [-0.25, -0.2) is 0 Å². The molecule has 2 aliphatic heterocycles. The van der Waals surface area contributed by atoms with Gasteiger partial charge in [0.25, 0.3) is 0 Å². The molecule has 5 heteroatoms. The van der Waals surface area contributed by atoms with Gasteiger partial charge >= 0.3 is 0 Å². The highest BCUT2D eigenvalue weighted by atomic mass is 32.1. The molecule has 0 radical (unpaired) electrons. The summed E-state index contributed by atoms with van der Waals surface area (Å²) in [6.07, 6.45) is 3.59. The van der Waals surface area contributed by atoms with E-state index in [1.165, 1.54) is 0 Å². The number of thiophene rings is 1. The van der Waals surface area contributed by atoms with Crippen LogP contribution in [0.2, 0.25) is 0 Å². The molecule has 0 aromatic carbocycles. The van der Waals surface area contributed by atoms with Crippen molar-refractivity contribution >= 4 is 23.2 Å². The molecule has 0 N–H and O–H groups in total. The maximum absolute atomic E-state index is 12.7. The summed E-state index contributed by atoms with van der Waals surface area (Å²) in [6, 6.07) is 3.53. The van der Waals surface area contributed by atoms with Crippen molar-refractivity contribution in [1.82, 2.24) is 9.80 Å². The monoisotopic (exact) mass is 292 g/mol. The van der Waals surface area contributed by atoms with Crippen molar-refractivity contribution in [3.8, 4) is 0 Å². The third-order valence-corrected chi connectivity index (χ3v) is 5.17. The first-order chi connectivity index (χ1) is 9.72. The molecule has 2 unspecified atom stereocenters. The van der Waals surface area contributed by atoms with E-state index in [-0.39, 0.29) is 23.9 Å². The minimum Gasteiger partial charge on any atom is -0.329 e. The van der Waals surface area contributed by atoms with Crippen molar-refractivity contribution in [2.24, 2.45) is 0 Å². The highest BCUT2D eigenvalue weighted by Gasteiger charge is 2.45. The Balaban J connectivity index is 1.86. The smallest absolute Gasteiger partial charge is 0.246 e. The minimum atomic E-state index is -0.279. The highest BCUT2D eigenvalue weighted by Crippen LogP contribution is 2.29. The lowest BCUT2D eigenvalue weighted by atomic mass is 9.94. The summed E-state index contributed by atoms with van der Waals surface area (Å²) in [6.45, 7) is 3.31. The van der Waals surface area contributed by atoms with Gasteiger partial charge in [0, 0.05) is 11.4 Å². The molecule has 2 atom stereocenters. The van der Waals surface area contributed by atoms with Gasteiger partial charge in [-0.15, -0.1) is 11.3 Å². The molecule has 0 saturated carbocycles. The standard InChI is InChI=1S/C15H20N2O2S/c1-2-12-14(18)16-8-4-3-7-13(16)15(19)17(12)10-11-6-5-9-20-11/h5-6,9,12-13H,2-4,7-8,10H2,1H3. The van der Waals surface area contributed by atoms with Crippen LogP contribution in [0.3, 0.4) is 0 Å². The maximum Gasteiger partial charge on any atom is 0.246 e. The van der Waals surface area contributed by atoms with Crippen LogP contribution in [0.1, 0.15) is 37.5 Å². The minimum absolute atomic E-state index is 0.143. The van der Waals surface area contributed by atoms with Gasteiger partial charge in [-0.05, 0) is 37.1 Å². The van der Waals surface area contributed by atoms with Gasteiger partial charge in [-0.3, -0.25) is 9.59 Å². The van der Waals surface area contributed by atoms with Crippen molar-refractivity contribution < 1.29 is 9.59 Å². The zero-order valence-corrected chi connectivity index (χ0v) is 12.6. The van der Waals surface area contributed by atoms with Crippen LogP contribution in [0.5, 0.6) is 0 Å². The average molecular weight is 292 g/mol. The summed E-state index contributed by atoms with van der Waals surface area (Å²) in [7, 11) is 0. The normalized spacial score (nSPS) is 26.9. The molecule has 0 spiro atoms. The Morgan fingerprint density at radius 1 is 1.30 bits per heavy atom. The Kier molecular flexibility index (Phi) is 3.78. The molecular formula is C15H20N2O2S. The zero-order valence-electron chi connectivity index (χ0n) is 11.7. The molecule has 20 heavy (non-hydrogen) atoms. The summed E-state index contributed by atoms with van der Waals surface area (Å²) in [4.78, 5) is 30.1. The molecule has 3 heterocycles. The van der Waals surface area contributed by atoms with Crippen LogP contribution < -0.4 is 0 Å². The van der Waals surface area contributed by atoms with Crippen molar-refractivity contribution in [2.45, 2.75) is 51.2 Å². The fourth-order valence-corrected chi connectivity index (χ4v) is 3.98. The number of rotatable bonds is 3. The van der Waals surface area contributed by atoms with E-state index in [2.05, 4.69) is 0 Å². The largest absolute Gasteiger partial charge is 0.329 e. The molecule has 1 aromatic rings. The number of piperazine rings is 1. The maximum atomic E-state index is 12.7. The SMILES string of the molecule is CCC1C(=O)N2CCCCC2C(=O)N1Cc1cccs1. The van der Waals surface area contributed by atoms with Gasteiger partial charge in [0.05, 0.1) is 6.54 Å². The van der Waals surface area contributed by atoms with Crippen LogP contribution in [0.25, 0.3) is 0 Å². The van der Waals surface area contributed by atoms with Crippen molar-refractivity contribution in [2.75, 3.05) is 6.54 Å². The Morgan fingerprint density at radius 2 is 2.15 bits per heavy atom. The fourth-order valence-electron chi connectivity index (χ4n) is 3.28. The Bertz CT molecular complexity index is 500. The predicted octanol–water partition coefficient (Wildman–Crippen LogP) is 2.25. The lowest BCUT2D eigenvalue weighted by Gasteiger charge is -2.46. The van der Waals surface area contributed by atoms with Gasteiger partial charge in [0.15, 0.2) is 0 Å². The second kappa shape index (κ2) is 5.56. The number of piperidine rings is 1. The van der Waals surface area contributed by atoms with E-state index in [4.69, 9.17) is 0 Å². The van der Waals surface area contributed by atoms with Crippen LogP contribution in [-0.4, -0.2) is 40.2 Å². The quantitative estimate of drug-likeness (QED) is 0.857.